The van der Waals surface area contributed by atoms with Crippen LogP contribution in [0.15, 0.2) is 40.8 Å². The zero-order valence-corrected chi connectivity index (χ0v) is 13.0. The highest BCUT2D eigenvalue weighted by molar-refractivity contribution is 6.38. The van der Waals surface area contributed by atoms with Crippen molar-refractivity contribution in [2.75, 3.05) is 14.2 Å². The first-order chi connectivity index (χ1) is 10.1. The maximum absolute atomic E-state index is 6.15. The van der Waals surface area contributed by atoms with Gasteiger partial charge < -0.3 is 13.9 Å². The molecule has 108 valence electrons. The van der Waals surface area contributed by atoms with Crippen molar-refractivity contribution in [1.82, 2.24) is 0 Å². The van der Waals surface area contributed by atoms with Gasteiger partial charge in [0.1, 0.15) is 5.76 Å². The number of hydrogen-bond acceptors (Lipinski definition) is 3. The molecular weight excluding hydrogens is 311 g/mol. The molecule has 0 bridgehead atoms. The summed E-state index contributed by atoms with van der Waals surface area (Å²) in [5, 5.41) is 1.92. The molecule has 0 unspecified atom stereocenters. The van der Waals surface area contributed by atoms with E-state index < -0.39 is 0 Å². The van der Waals surface area contributed by atoms with Gasteiger partial charge in [0.05, 0.1) is 19.2 Å². The molecule has 3 rings (SSSR count). The van der Waals surface area contributed by atoms with Gasteiger partial charge in [-0.15, -0.1) is 0 Å². The number of hydrogen-bond donors (Lipinski definition) is 0. The lowest BCUT2D eigenvalue weighted by atomic mass is 10.1. The minimum Gasteiger partial charge on any atom is -0.493 e. The van der Waals surface area contributed by atoms with Gasteiger partial charge in [-0.1, -0.05) is 23.2 Å². The highest BCUT2D eigenvalue weighted by Gasteiger charge is 2.12. The monoisotopic (exact) mass is 322 g/mol. The van der Waals surface area contributed by atoms with E-state index in [-0.39, 0.29) is 0 Å². The molecule has 0 spiro atoms. The molecule has 0 atom stereocenters. The highest BCUT2D eigenvalue weighted by Crippen LogP contribution is 2.37. The Labute approximate surface area is 132 Å². The van der Waals surface area contributed by atoms with Crippen LogP contribution >= 0.6 is 23.2 Å². The first-order valence-electron chi connectivity index (χ1n) is 6.23. The summed E-state index contributed by atoms with van der Waals surface area (Å²) < 4.78 is 16.4. The Morgan fingerprint density at radius 3 is 2.38 bits per heavy atom. The Kier molecular flexibility index (Phi) is 3.70. The average Bonchev–Trinajstić information content (AvgIpc) is 2.90. The summed E-state index contributed by atoms with van der Waals surface area (Å²) in [6.07, 6.45) is 0. The second-order valence-electron chi connectivity index (χ2n) is 4.49. The van der Waals surface area contributed by atoms with Gasteiger partial charge in [0.25, 0.3) is 0 Å². The second kappa shape index (κ2) is 5.51. The van der Waals surface area contributed by atoms with Gasteiger partial charge in [-0.2, -0.15) is 0 Å². The Balaban J connectivity index is 2.14. The zero-order chi connectivity index (χ0) is 15.0. The molecule has 21 heavy (non-hydrogen) atoms. The lowest BCUT2D eigenvalue weighted by Gasteiger charge is -2.08. The van der Waals surface area contributed by atoms with Crippen molar-refractivity contribution in [3.05, 3.63) is 46.4 Å². The molecular formula is C16H12Cl2O3. The summed E-state index contributed by atoms with van der Waals surface area (Å²) in [4.78, 5) is 0. The van der Waals surface area contributed by atoms with Crippen LogP contribution in [0.5, 0.6) is 11.5 Å². The predicted molar refractivity (Wildman–Crippen MR) is 84.8 cm³/mol. The van der Waals surface area contributed by atoms with Crippen LogP contribution in [0.3, 0.4) is 0 Å². The summed E-state index contributed by atoms with van der Waals surface area (Å²) in [6, 6.07) is 11.0. The summed E-state index contributed by atoms with van der Waals surface area (Å²) >= 11 is 12.2. The van der Waals surface area contributed by atoms with Gasteiger partial charge in [0.2, 0.25) is 0 Å². The molecule has 0 aliphatic rings. The smallest absolute Gasteiger partial charge is 0.161 e. The molecule has 2 aromatic carbocycles. The van der Waals surface area contributed by atoms with E-state index in [1.165, 1.54) is 0 Å². The van der Waals surface area contributed by atoms with Gasteiger partial charge in [-0.05, 0) is 36.4 Å². The number of rotatable bonds is 3. The Morgan fingerprint density at radius 2 is 1.67 bits per heavy atom. The molecule has 0 radical (unpaired) electrons. The molecule has 3 aromatic rings. The van der Waals surface area contributed by atoms with Gasteiger partial charge in [0.15, 0.2) is 17.1 Å². The average molecular weight is 323 g/mol. The first kappa shape index (κ1) is 14.1. The Morgan fingerprint density at radius 1 is 0.905 bits per heavy atom. The van der Waals surface area contributed by atoms with E-state index in [0.29, 0.717) is 32.9 Å². The molecule has 0 N–H and O–H groups in total. The van der Waals surface area contributed by atoms with Crippen LogP contribution in [0.1, 0.15) is 0 Å². The van der Waals surface area contributed by atoms with Crippen molar-refractivity contribution in [2.45, 2.75) is 0 Å². The lowest BCUT2D eigenvalue weighted by molar-refractivity contribution is 0.355. The molecule has 0 aliphatic heterocycles. The molecule has 0 aliphatic carbocycles. The number of furan rings is 1. The van der Waals surface area contributed by atoms with Crippen molar-refractivity contribution < 1.29 is 13.9 Å². The normalized spacial score (nSPS) is 10.9. The van der Waals surface area contributed by atoms with E-state index in [1.54, 1.807) is 20.3 Å². The van der Waals surface area contributed by atoms with Crippen molar-refractivity contribution in [3.8, 4) is 22.8 Å². The van der Waals surface area contributed by atoms with Crippen LogP contribution in [0.4, 0.5) is 0 Å². The number of methoxy groups -OCH3 is 2. The van der Waals surface area contributed by atoms with Crippen molar-refractivity contribution in [1.29, 1.82) is 0 Å². The fourth-order valence-corrected chi connectivity index (χ4v) is 2.76. The SMILES string of the molecule is COc1ccc(-c2cc3cc(Cl)cc(Cl)c3o2)cc1OC. The van der Waals surface area contributed by atoms with E-state index in [1.807, 2.05) is 30.3 Å². The van der Waals surface area contributed by atoms with Crippen molar-refractivity contribution in [3.63, 3.8) is 0 Å². The minimum absolute atomic E-state index is 0.490. The number of halogens is 2. The lowest BCUT2D eigenvalue weighted by Crippen LogP contribution is -1.90. The number of fused-ring (bicyclic) bond motifs is 1. The van der Waals surface area contributed by atoms with Crippen LogP contribution in [-0.2, 0) is 0 Å². The summed E-state index contributed by atoms with van der Waals surface area (Å²) in [5.41, 5.74) is 1.49. The van der Waals surface area contributed by atoms with Crippen LogP contribution in [0.25, 0.3) is 22.3 Å². The van der Waals surface area contributed by atoms with Crippen molar-refractivity contribution >= 4 is 34.2 Å². The molecule has 3 nitrogen and oxygen atoms in total. The molecule has 5 heteroatoms. The summed E-state index contributed by atoms with van der Waals surface area (Å²) in [5.74, 6) is 1.99. The molecule has 0 saturated carbocycles. The third kappa shape index (κ3) is 2.55. The Bertz CT molecular complexity index is 809. The fraction of sp³-hybridized carbons (Fsp3) is 0.125. The molecule has 1 aromatic heterocycles. The van der Waals surface area contributed by atoms with Crippen molar-refractivity contribution in [2.24, 2.45) is 0 Å². The van der Waals surface area contributed by atoms with E-state index in [4.69, 9.17) is 37.1 Å². The van der Waals surface area contributed by atoms with E-state index >= 15 is 0 Å². The largest absolute Gasteiger partial charge is 0.493 e. The molecule has 1 heterocycles. The number of benzene rings is 2. The zero-order valence-electron chi connectivity index (χ0n) is 11.4. The predicted octanol–water partition coefficient (Wildman–Crippen LogP) is 5.42. The first-order valence-corrected chi connectivity index (χ1v) is 6.99. The standard InChI is InChI=1S/C16H12Cl2O3/c1-19-13-4-3-9(6-15(13)20-2)14-7-10-5-11(17)8-12(18)16(10)21-14/h3-8H,1-2H3. The van der Waals surface area contributed by atoms with E-state index in [0.717, 1.165) is 10.9 Å². The Hall–Kier alpha value is -1.84. The second-order valence-corrected chi connectivity index (χ2v) is 5.33. The summed E-state index contributed by atoms with van der Waals surface area (Å²) in [7, 11) is 3.19. The maximum atomic E-state index is 6.15. The molecule has 0 amide bonds. The highest BCUT2D eigenvalue weighted by atomic mass is 35.5. The third-order valence-electron chi connectivity index (χ3n) is 3.20. The fourth-order valence-electron chi connectivity index (χ4n) is 2.21. The third-order valence-corrected chi connectivity index (χ3v) is 3.70. The molecule has 0 fully saturated rings. The van der Waals surface area contributed by atoms with Gasteiger partial charge >= 0.3 is 0 Å². The van der Waals surface area contributed by atoms with Gasteiger partial charge in [-0.3, -0.25) is 0 Å². The van der Waals surface area contributed by atoms with Crippen LogP contribution in [0, 0.1) is 0 Å². The van der Waals surface area contributed by atoms with Crippen LogP contribution < -0.4 is 9.47 Å². The van der Waals surface area contributed by atoms with Gasteiger partial charge in [-0.25, -0.2) is 0 Å². The van der Waals surface area contributed by atoms with E-state index in [2.05, 4.69) is 0 Å². The molecule has 0 saturated heterocycles. The minimum atomic E-state index is 0.490. The number of ether oxygens (including phenoxy) is 2. The van der Waals surface area contributed by atoms with Crippen LogP contribution in [0.2, 0.25) is 10.0 Å². The van der Waals surface area contributed by atoms with E-state index in [9.17, 15) is 0 Å². The van der Waals surface area contributed by atoms with Gasteiger partial charge in [0, 0.05) is 16.0 Å². The topological polar surface area (TPSA) is 31.6 Å². The maximum Gasteiger partial charge on any atom is 0.161 e. The summed E-state index contributed by atoms with van der Waals surface area (Å²) in [6.45, 7) is 0. The van der Waals surface area contributed by atoms with Crippen LogP contribution in [-0.4, -0.2) is 14.2 Å². The quantitative estimate of drug-likeness (QED) is 0.644.